The molecule has 2 N–H and O–H groups in total. The highest BCUT2D eigenvalue weighted by atomic mass is 14.8. The lowest BCUT2D eigenvalue weighted by atomic mass is 10.1. The highest BCUT2D eigenvalue weighted by molar-refractivity contribution is 5.97. The highest BCUT2D eigenvalue weighted by Gasteiger charge is 2.03. The van der Waals surface area contributed by atoms with Crippen molar-refractivity contribution in [2.45, 2.75) is 0 Å². The highest BCUT2D eigenvalue weighted by Crippen LogP contribution is 2.18. The SMILES string of the molecule is C1=CNC=c2c([nH]c3cc4ccccc4cc23)=C1. The Kier molecular flexibility index (Phi) is 1.86. The van der Waals surface area contributed by atoms with Gasteiger partial charge in [-0.3, -0.25) is 0 Å². The molecule has 1 aliphatic heterocycles. The van der Waals surface area contributed by atoms with Crippen LogP contribution < -0.4 is 15.9 Å². The lowest BCUT2D eigenvalue weighted by molar-refractivity contribution is 1.28. The summed E-state index contributed by atoms with van der Waals surface area (Å²) in [5.74, 6) is 0. The Balaban J connectivity index is 2.24. The van der Waals surface area contributed by atoms with Gasteiger partial charge >= 0.3 is 0 Å². The Morgan fingerprint density at radius 2 is 1.78 bits per heavy atom. The first-order chi connectivity index (χ1) is 8.92. The predicted molar refractivity (Wildman–Crippen MR) is 76.3 cm³/mol. The predicted octanol–water partition coefficient (Wildman–Crippen LogP) is 1.96. The third-order valence-corrected chi connectivity index (χ3v) is 3.42. The molecular formula is C16H12N2. The van der Waals surface area contributed by atoms with Crippen LogP contribution in [0.4, 0.5) is 0 Å². The average Bonchev–Trinajstić information content (AvgIpc) is 2.59. The van der Waals surface area contributed by atoms with Gasteiger partial charge in [-0.2, -0.15) is 0 Å². The normalized spacial score (nSPS) is 13.6. The number of benzene rings is 2. The summed E-state index contributed by atoms with van der Waals surface area (Å²) < 4.78 is 0. The topological polar surface area (TPSA) is 27.8 Å². The third kappa shape index (κ3) is 1.29. The lowest BCUT2D eigenvalue weighted by Gasteiger charge is -1.97. The van der Waals surface area contributed by atoms with Gasteiger partial charge in [0.25, 0.3) is 0 Å². The minimum absolute atomic E-state index is 1.15. The van der Waals surface area contributed by atoms with Gasteiger partial charge in [0.15, 0.2) is 0 Å². The fraction of sp³-hybridized carbons (Fsp3) is 0. The van der Waals surface area contributed by atoms with Crippen LogP contribution in [0.5, 0.6) is 0 Å². The van der Waals surface area contributed by atoms with E-state index in [0.29, 0.717) is 0 Å². The third-order valence-electron chi connectivity index (χ3n) is 3.42. The summed E-state index contributed by atoms with van der Waals surface area (Å²) >= 11 is 0. The van der Waals surface area contributed by atoms with Gasteiger partial charge in [0, 0.05) is 33.9 Å². The monoisotopic (exact) mass is 232 g/mol. The molecule has 0 unspecified atom stereocenters. The number of rotatable bonds is 0. The Morgan fingerprint density at radius 3 is 2.67 bits per heavy atom. The largest absolute Gasteiger partial charge is 0.367 e. The molecule has 2 aromatic carbocycles. The molecule has 0 bridgehead atoms. The summed E-state index contributed by atoms with van der Waals surface area (Å²) in [4.78, 5) is 3.47. The van der Waals surface area contributed by atoms with E-state index >= 15 is 0 Å². The maximum Gasteiger partial charge on any atom is 0.0480 e. The summed E-state index contributed by atoms with van der Waals surface area (Å²) in [5.41, 5.74) is 1.18. The van der Waals surface area contributed by atoms with Crippen LogP contribution >= 0.6 is 0 Å². The first-order valence-corrected chi connectivity index (χ1v) is 6.05. The number of fused-ring (bicyclic) bond motifs is 4. The van der Waals surface area contributed by atoms with Gasteiger partial charge in [-0.05, 0) is 35.1 Å². The van der Waals surface area contributed by atoms with Crippen LogP contribution in [-0.4, -0.2) is 4.98 Å². The molecule has 0 spiro atoms. The molecule has 3 aromatic rings. The summed E-state index contributed by atoms with van der Waals surface area (Å²) in [6, 6.07) is 12.9. The van der Waals surface area contributed by atoms with Gasteiger partial charge in [0.1, 0.15) is 0 Å². The fourth-order valence-corrected chi connectivity index (χ4v) is 2.54. The number of aromatic nitrogens is 1. The summed E-state index contributed by atoms with van der Waals surface area (Å²) in [7, 11) is 0. The number of hydrogen-bond acceptors (Lipinski definition) is 1. The zero-order chi connectivity index (χ0) is 11.9. The number of nitrogens with one attached hydrogen (secondary N) is 2. The smallest absolute Gasteiger partial charge is 0.0480 e. The minimum Gasteiger partial charge on any atom is -0.367 e. The van der Waals surface area contributed by atoms with Crippen LogP contribution in [-0.2, 0) is 0 Å². The molecule has 0 amide bonds. The average molecular weight is 232 g/mol. The first-order valence-electron chi connectivity index (χ1n) is 6.05. The zero-order valence-corrected chi connectivity index (χ0v) is 9.77. The summed E-state index contributed by atoms with van der Waals surface area (Å²) in [6.45, 7) is 0. The van der Waals surface area contributed by atoms with E-state index in [2.05, 4.69) is 52.8 Å². The fourth-order valence-electron chi connectivity index (χ4n) is 2.54. The molecule has 0 fully saturated rings. The van der Waals surface area contributed by atoms with Crippen LogP contribution in [0.3, 0.4) is 0 Å². The van der Waals surface area contributed by atoms with Crippen LogP contribution in [0, 0.1) is 0 Å². The molecule has 2 heteroatoms. The van der Waals surface area contributed by atoms with E-state index in [-0.39, 0.29) is 0 Å². The molecule has 86 valence electrons. The van der Waals surface area contributed by atoms with E-state index in [1.165, 1.54) is 26.9 Å². The zero-order valence-electron chi connectivity index (χ0n) is 9.77. The Bertz CT molecular complexity index is 898. The maximum absolute atomic E-state index is 3.47. The van der Waals surface area contributed by atoms with Crippen molar-refractivity contribution in [1.82, 2.24) is 10.3 Å². The summed E-state index contributed by atoms with van der Waals surface area (Å²) in [5, 5.41) is 9.35. The van der Waals surface area contributed by atoms with Gasteiger partial charge in [0.2, 0.25) is 0 Å². The second kappa shape index (κ2) is 3.50. The number of H-pyrrole nitrogens is 1. The van der Waals surface area contributed by atoms with E-state index in [1.54, 1.807) is 0 Å². The lowest BCUT2D eigenvalue weighted by Crippen LogP contribution is -2.23. The van der Waals surface area contributed by atoms with Gasteiger partial charge in [-0.1, -0.05) is 24.3 Å². The van der Waals surface area contributed by atoms with Crippen molar-refractivity contribution in [1.29, 1.82) is 0 Å². The summed E-state index contributed by atoms with van der Waals surface area (Å²) in [6.07, 6.45) is 8.08. The first kappa shape index (κ1) is 9.54. The van der Waals surface area contributed by atoms with Crippen molar-refractivity contribution in [3.63, 3.8) is 0 Å². The number of allylic oxidation sites excluding steroid dienone is 1. The van der Waals surface area contributed by atoms with E-state index in [4.69, 9.17) is 0 Å². The molecule has 2 nitrogen and oxygen atoms in total. The van der Waals surface area contributed by atoms with Crippen LogP contribution in [0.2, 0.25) is 0 Å². The molecule has 0 atom stereocenters. The molecule has 2 heterocycles. The van der Waals surface area contributed by atoms with Crippen molar-refractivity contribution in [2.75, 3.05) is 0 Å². The van der Waals surface area contributed by atoms with Crippen LogP contribution in [0.25, 0.3) is 34.0 Å². The van der Waals surface area contributed by atoms with Gasteiger partial charge in [-0.15, -0.1) is 0 Å². The van der Waals surface area contributed by atoms with Crippen molar-refractivity contribution < 1.29 is 0 Å². The Hall–Kier alpha value is -2.48. The molecule has 4 rings (SSSR count). The Morgan fingerprint density at radius 1 is 0.944 bits per heavy atom. The van der Waals surface area contributed by atoms with Gasteiger partial charge in [-0.25, -0.2) is 0 Å². The molecular weight excluding hydrogens is 220 g/mol. The Labute approximate surface area is 104 Å². The van der Waals surface area contributed by atoms with Crippen molar-refractivity contribution in [2.24, 2.45) is 0 Å². The van der Waals surface area contributed by atoms with Crippen LogP contribution in [0.15, 0.2) is 48.7 Å². The molecule has 0 saturated carbocycles. The van der Waals surface area contributed by atoms with E-state index < -0.39 is 0 Å². The molecule has 0 radical (unpaired) electrons. The second-order valence-corrected chi connectivity index (χ2v) is 4.53. The number of hydrogen-bond donors (Lipinski definition) is 2. The van der Waals surface area contributed by atoms with Gasteiger partial charge in [0.05, 0.1) is 0 Å². The quantitative estimate of drug-likeness (QED) is 0.609. The maximum atomic E-state index is 3.47. The van der Waals surface area contributed by atoms with Crippen molar-refractivity contribution in [3.8, 4) is 0 Å². The standard InChI is InChI=1S/C16H12N2/c1-2-5-12-9-16-13(8-11(12)4-1)14-10-17-7-3-6-15(14)18-16/h1-10,17-18H. The van der Waals surface area contributed by atoms with Gasteiger partial charge < -0.3 is 10.3 Å². The number of aromatic amines is 1. The molecule has 18 heavy (non-hydrogen) atoms. The van der Waals surface area contributed by atoms with Crippen molar-refractivity contribution in [3.05, 3.63) is 59.2 Å². The molecule has 0 aliphatic carbocycles. The van der Waals surface area contributed by atoms with E-state index in [9.17, 15) is 0 Å². The second-order valence-electron chi connectivity index (χ2n) is 4.53. The van der Waals surface area contributed by atoms with E-state index in [0.717, 1.165) is 5.35 Å². The van der Waals surface area contributed by atoms with E-state index in [1.807, 2.05) is 18.5 Å². The molecule has 1 aliphatic rings. The molecule has 0 saturated heterocycles. The van der Waals surface area contributed by atoms with Crippen LogP contribution in [0.1, 0.15) is 0 Å². The van der Waals surface area contributed by atoms with Crippen molar-refractivity contribution >= 4 is 34.0 Å². The minimum atomic E-state index is 1.15. The molecule has 1 aromatic heterocycles.